The topological polar surface area (TPSA) is 71.6 Å². The van der Waals surface area contributed by atoms with Crippen LogP contribution in [-0.2, 0) is 13.1 Å². The Morgan fingerprint density at radius 1 is 1.19 bits per heavy atom. The molecule has 0 bridgehead atoms. The number of pyridine rings is 1. The number of likely N-dealkylation sites (N-methyl/N-ethyl adjacent to an activating group) is 1. The van der Waals surface area contributed by atoms with Crippen molar-refractivity contribution in [3.05, 3.63) is 44.7 Å². The predicted octanol–water partition coefficient (Wildman–Crippen LogP) is 0.974. The van der Waals surface area contributed by atoms with Gasteiger partial charge in [0.2, 0.25) is 0 Å². The van der Waals surface area contributed by atoms with Crippen molar-refractivity contribution in [1.82, 2.24) is 20.1 Å². The zero-order valence-corrected chi connectivity index (χ0v) is 16.1. The summed E-state index contributed by atoms with van der Waals surface area (Å²) in [5.41, 5.74) is 5.36. The molecule has 1 aliphatic rings. The molecule has 1 aromatic carbocycles. The first-order valence-corrected chi connectivity index (χ1v) is 9.37. The van der Waals surface area contributed by atoms with E-state index in [9.17, 15) is 4.79 Å². The van der Waals surface area contributed by atoms with Crippen LogP contribution in [0.3, 0.4) is 0 Å². The molecule has 0 unspecified atom stereocenters. The molecule has 0 amide bonds. The van der Waals surface area contributed by atoms with E-state index in [1.165, 1.54) is 16.7 Å². The Kier molecular flexibility index (Phi) is 6.09. The van der Waals surface area contributed by atoms with E-state index in [1.54, 1.807) is 0 Å². The Morgan fingerprint density at radius 3 is 2.62 bits per heavy atom. The highest BCUT2D eigenvalue weighted by Crippen LogP contribution is 2.25. The summed E-state index contributed by atoms with van der Waals surface area (Å²) >= 11 is 0. The summed E-state index contributed by atoms with van der Waals surface area (Å²) in [6.07, 6.45) is 0. The van der Waals surface area contributed by atoms with Crippen molar-refractivity contribution in [2.24, 2.45) is 0 Å². The lowest BCUT2D eigenvalue weighted by molar-refractivity contribution is 0.148. The number of aromatic amines is 1. The van der Waals surface area contributed by atoms with Gasteiger partial charge in [-0.25, -0.2) is 0 Å². The molecule has 142 valence electrons. The van der Waals surface area contributed by atoms with E-state index in [4.69, 9.17) is 5.11 Å². The zero-order valence-electron chi connectivity index (χ0n) is 16.1. The molecule has 2 aromatic rings. The zero-order chi connectivity index (χ0) is 18.7. The number of rotatable bonds is 6. The third-order valence-electron chi connectivity index (χ3n) is 5.41. The van der Waals surface area contributed by atoms with Crippen LogP contribution in [0.4, 0.5) is 0 Å². The number of aryl methyl sites for hydroxylation is 2. The molecule has 2 heterocycles. The van der Waals surface area contributed by atoms with Crippen LogP contribution in [0.1, 0.15) is 22.3 Å². The number of piperazine rings is 1. The minimum absolute atomic E-state index is 0.0551. The van der Waals surface area contributed by atoms with Gasteiger partial charge in [-0.2, -0.15) is 0 Å². The Labute approximate surface area is 154 Å². The van der Waals surface area contributed by atoms with Gasteiger partial charge < -0.3 is 20.3 Å². The molecule has 6 heteroatoms. The number of fused-ring (bicyclic) bond motifs is 1. The summed E-state index contributed by atoms with van der Waals surface area (Å²) in [5, 5.41) is 13.0. The first-order valence-electron chi connectivity index (χ1n) is 9.37. The minimum Gasteiger partial charge on any atom is -0.395 e. The van der Waals surface area contributed by atoms with Gasteiger partial charge in [-0.3, -0.25) is 9.69 Å². The summed E-state index contributed by atoms with van der Waals surface area (Å²) in [4.78, 5) is 20.4. The van der Waals surface area contributed by atoms with E-state index in [0.29, 0.717) is 18.7 Å². The normalized spacial score (nSPS) is 16.5. The second-order valence-corrected chi connectivity index (χ2v) is 7.36. The Balaban J connectivity index is 1.89. The average molecular weight is 358 g/mol. The lowest BCUT2D eigenvalue weighted by Crippen LogP contribution is -2.44. The van der Waals surface area contributed by atoms with E-state index in [0.717, 1.165) is 43.6 Å². The first kappa shape index (κ1) is 19.0. The quantitative estimate of drug-likeness (QED) is 0.672. The predicted molar refractivity (Wildman–Crippen MR) is 106 cm³/mol. The molecular weight excluding hydrogens is 328 g/mol. The standard InChI is InChI=1S/C20H30N4O2/c1-14-10-16-11-17(12-21-4-9-25)20(26)22-19(16)15(2)18(14)13-24-7-5-23(3)6-8-24/h10-11,21,25H,4-9,12-13H2,1-3H3,(H,22,26). The number of aliphatic hydroxyl groups is 1. The smallest absolute Gasteiger partial charge is 0.252 e. The van der Waals surface area contributed by atoms with Crippen LogP contribution in [0.15, 0.2) is 16.9 Å². The van der Waals surface area contributed by atoms with E-state index < -0.39 is 0 Å². The number of hydrogen-bond donors (Lipinski definition) is 3. The Bertz CT molecular complexity index is 823. The molecule has 26 heavy (non-hydrogen) atoms. The SMILES string of the molecule is Cc1cc2cc(CNCCO)c(=O)[nH]c2c(C)c1CN1CCN(C)CC1. The van der Waals surface area contributed by atoms with E-state index in [-0.39, 0.29) is 12.2 Å². The number of nitrogens with one attached hydrogen (secondary N) is 2. The van der Waals surface area contributed by atoms with Gasteiger partial charge in [0.1, 0.15) is 0 Å². The highest BCUT2D eigenvalue weighted by Gasteiger charge is 2.17. The number of aliphatic hydroxyl groups excluding tert-OH is 1. The second-order valence-electron chi connectivity index (χ2n) is 7.36. The highest BCUT2D eigenvalue weighted by molar-refractivity contribution is 5.84. The van der Waals surface area contributed by atoms with Crippen LogP contribution in [0.5, 0.6) is 0 Å². The van der Waals surface area contributed by atoms with Crippen molar-refractivity contribution in [2.45, 2.75) is 26.9 Å². The molecular formula is C20H30N4O2. The molecule has 3 N–H and O–H groups in total. The van der Waals surface area contributed by atoms with Gasteiger partial charge in [0.05, 0.1) is 12.1 Å². The summed E-state index contributed by atoms with van der Waals surface area (Å²) in [6, 6.07) is 4.15. The number of hydrogen-bond acceptors (Lipinski definition) is 5. The van der Waals surface area contributed by atoms with Crippen molar-refractivity contribution < 1.29 is 5.11 Å². The first-order chi connectivity index (χ1) is 12.5. The molecule has 1 saturated heterocycles. The van der Waals surface area contributed by atoms with Crippen LogP contribution in [0.25, 0.3) is 10.9 Å². The molecule has 1 fully saturated rings. The van der Waals surface area contributed by atoms with Gasteiger partial charge in [-0.1, -0.05) is 0 Å². The van der Waals surface area contributed by atoms with Gasteiger partial charge in [-0.05, 0) is 55.1 Å². The number of H-pyrrole nitrogens is 1. The molecule has 0 radical (unpaired) electrons. The van der Waals surface area contributed by atoms with Gasteiger partial charge in [0.15, 0.2) is 0 Å². The highest BCUT2D eigenvalue weighted by atomic mass is 16.3. The molecule has 1 aromatic heterocycles. The third kappa shape index (κ3) is 4.15. The maximum absolute atomic E-state index is 12.4. The second kappa shape index (κ2) is 8.31. The number of nitrogens with zero attached hydrogens (tertiary/aromatic N) is 2. The van der Waals surface area contributed by atoms with E-state index in [1.807, 2.05) is 6.07 Å². The number of benzene rings is 1. The van der Waals surface area contributed by atoms with E-state index >= 15 is 0 Å². The van der Waals surface area contributed by atoms with Gasteiger partial charge >= 0.3 is 0 Å². The van der Waals surface area contributed by atoms with Crippen molar-refractivity contribution in [1.29, 1.82) is 0 Å². The fraction of sp³-hybridized carbons (Fsp3) is 0.550. The maximum Gasteiger partial charge on any atom is 0.252 e. The summed E-state index contributed by atoms with van der Waals surface area (Å²) in [6.45, 7) is 10.6. The summed E-state index contributed by atoms with van der Waals surface area (Å²) < 4.78 is 0. The summed E-state index contributed by atoms with van der Waals surface area (Å²) in [5.74, 6) is 0. The fourth-order valence-corrected chi connectivity index (χ4v) is 3.69. The molecule has 0 spiro atoms. The van der Waals surface area contributed by atoms with Crippen LogP contribution in [0.2, 0.25) is 0 Å². The lowest BCUT2D eigenvalue weighted by atomic mass is 9.97. The average Bonchev–Trinajstić information content (AvgIpc) is 2.62. The minimum atomic E-state index is -0.0551. The Morgan fingerprint density at radius 2 is 1.92 bits per heavy atom. The third-order valence-corrected chi connectivity index (χ3v) is 5.41. The van der Waals surface area contributed by atoms with Crippen molar-refractivity contribution >= 4 is 10.9 Å². The van der Waals surface area contributed by atoms with Gasteiger partial charge in [0.25, 0.3) is 5.56 Å². The van der Waals surface area contributed by atoms with Gasteiger partial charge in [-0.15, -0.1) is 0 Å². The van der Waals surface area contributed by atoms with Crippen molar-refractivity contribution in [3.8, 4) is 0 Å². The van der Waals surface area contributed by atoms with E-state index in [2.05, 4.69) is 47.1 Å². The van der Waals surface area contributed by atoms with Crippen molar-refractivity contribution in [2.75, 3.05) is 46.4 Å². The monoisotopic (exact) mass is 358 g/mol. The Hall–Kier alpha value is -1.73. The van der Waals surface area contributed by atoms with Crippen LogP contribution < -0.4 is 10.9 Å². The number of aromatic nitrogens is 1. The fourth-order valence-electron chi connectivity index (χ4n) is 3.69. The lowest BCUT2D eigenvalue weighted by Gasteiger charge is -2.33. The molecule has 0 atom stereocenters. The molecule has 6 nitrogen and oxygen atoms in total. The molecule has 1 aliphatic heterocycles. The molecule has 0 saturated carbocycles. The van der Waals surface area contributed by atoms with Gasteiger partial charge in [0, 0.05) is 51.4 Å². The molecule has 3 rings (SSSR count). The van der Waals surface area contributed by atoms with Crippen LogP contribution >= 0.6 is 0 Å². The van der Waals surface area contributed by atoms with Crippen molar-refractivity contribution in [3.63, 3.8) is 0 Å². The van der Waals surface area contributed by atoms with Crippen LogP contribution in [0, 0.1) is 13.8 Å². The summed E-state index contributed by atoms with van der Waals surface area (Å²) in [7, 11) is 2.17. The molecule has 0 aliphatic carbocycles. The maximum atomic E-state index is 12.4. The largest absolute Gasteiger partial charge is 0.395 e. The van der Waals surface area contributed by atoms with Crippen LogP contribution in [-0.4, -0.2) is 66.3 Å².